The van der Waals surface area contributed by atoms with Crippen molar-refractivity contribution < 1.29 is 14.0 Å². The third-order valence-corrected chi connectivity index (χ3v) is 3.21. The highest BCUT2D eigenvalue weighted by Gasteiger charge is 2.10. The van der Waals surface area contributed by atoms with Crippen LogP contribution in [0.15, 0.2) is 0 Å². The Labute approximate surface area is 70.7 Å². The van der Waals surface area contributed by atoms with Gasteiger partial charge in [0, 0.05) is 0 Å². The summed E-state index contributed by atoms with van der Waals surface area (Å²) in [4.78, 5) is 8.37. The Morgan fingerprint density at radius 3 is 2.64 bits per heavy atom. The molecule has 0 bridgehead atoms. The van der Waals surface area contributed by atoms with Gasteiger partial charge in [-0.15, -0.1) is 9.24 Å². The van der Waals surface area contributed by atoms with Gasteiger partial charge in [-0.05, 0) is 18.0 Å². The topological polar surface area (TPSA) is 46.5 Å². The summed E-state index contributed by atoms with van der Waals surface area (Å²) in [6, 6.07) is 0. The molecule has 0 saturated heterocycles. The minimum Gasteiger partial charge on any atom is -0.326 e. The van der Waals surface area contributed by atoms with E-state index in [1.54, 1.807) is 0 Å². The number of hydrogen-bond donors (Lipinski definition) is 1. The maximum Gasteiger partial charge on any atom is 0.316 e. The Balaban J connectivity index is 3.51. The SMILES string of the molecule is CCC(P)[C@H](C)CO[PH](=O)O. The lowest BCUT2D eigenvalue weighted by Gasteiger charge is -2.16. The Kier molecular flexibility index (Phi) is 6.46. The molecule has 68 valence electrons. The first kappa shape index (κ1) is 11.6. The third kappa shape index (κ3) is 5.81. The molecule has 0 aliphatic rings. The van der Waals surface area contributed by atoms with Gasteiger partial charge < -0.3 is 9.42 Å². The van der Waals surface area contributed by atoms with Crippen LogP contribution in [-0.4, -0.2) is 17.2 Å². The summed E-state index contributed by atoms with van der Waals surface area (Å²) in [5.41, 5.74) is 0.469. The third-order valence-electron chi connectivity index (χ3n) is 1.67. The summed E-state index contributed by atoms with van der Waals surface area (Å²) < 4.78 is 14.8. The summed E-state index contributed by atoms with van der Waals surface area (Å²) in [7, 11) is -0.0270. The zero-order valence-corrected chi connectivity index (χ0v) is 9.06. The number of hydrogen-bond acceptors (Lipinski definition) is 2. The van der Waals surface area contributed by atoms with Crippen molar-refractivity contribution in [3.05, 3.63) is 0 Å². The fourth-order valence-electron chi connectivity index (χ4n) is 0.729. The zero-order valence-electron chi connectivity index (χ0n) is 6.91. The maximum absolute atomic E-state index is 10.2. The minimum atomic E-state index is -2.73. The van der Waals surface area contributed by atoms with Crippen molar-refractivity contribution in [2.45, 2.75) is 25.9 Å². The van der Waals surface area contributed by atoms with E-state index in [2.05, 4.69) is 20.7 Å². The monoisotopic (exact) mass is 198 g/mol. The van der Waals surface area contributed by atoms with Crippen LogP contribution in [0.1, 0.15) is 20.3 Å². The average Bonchev–Trinajstić information content (AvgIpc) is 1.98. The van der Waals surface area contributed by atoms with Crippen molar-refractivity contribution in [3.63, 3.8) is 0 Å². The molecule has 5 heteroatoms. The molecule has 11 heavy (non-hydrogen) atoms. The van der Waals surface area contributed by atoms with Gasteiger partial charge in [-0.2, -0.15) is 0 Å². The fourth-order valence-corrected chi connectivity index (χ4v) is 1.25. The Hall–Kier alpha value is 0.580. The largest absolute Gasteiger partial charge is 0.326 e. The van der Waals surface area contributed by atoms with Crippen LogP contribution in [0.25, 0.3) is 0 Å². The van der Waals surface area contributed by atoms with Crippen LogP contribution in [-0.2, 0) is 9.09 Å². The van der Waals surface area contributed by atoms with Crippen LogP contribution >= 0.6 is 17.5 Å². The Morgan fingerprint density at radius 2 is 2.27 bits per heavy atom. The van der Waals surface area contributed by atoms with Crippen LogP contribution in [0.2, 0.25) is 0 Å². The average molecular weight is 198 g/mol. The first-order valence-corrected chi connectivity index (χ1v) is 5.62. The van der Waals surface area contributed by atoms with Crippen LogP contribution < -0.4 is 0 Å². The Morgan fingerprint density at radius 1 is 1.73 bits per heavy atom. The van der Waals surface area contributed by atoms with Crippen LogP contribution in [0.3, 0.4) is 0 Å². The molecule has 3 unspecified atom stereocenters. The van der Waals surface area contributed by atoms with Gasteiger partial charge in [-0.3, -0.25) is 4.57 Å². The van der Waals surface area contributed by atoms with Gasteiger partial charge in [0.15, 0.2) is 0 Å². The molecule has 0 amide bonds. The van der Waals surface area contributed by atoms with E-state index in [4.69, 9.17) is 4.89 Å². The van der Waals surface area contributed by atoms with Crippen molar-refractivity contribution in [2.75, 3.05) is 6.61 Å². The van der Waals surface area contributed by atoms with Gasteiger partial charge in [0.05, 0.1) is 6.61 Å². The van der Waals surface area contributed by atoms with Gasteiger partial charge in [0.2, 0.25) is 0 Å². The van der Waals surface area contributed by atoms with Crippen LogP contribution in [0.4, 0.5) is 0 Å². The summed E-state index contributed by atoms with van der Waals surface area (Å²) in [5.74, 6) is 0.325. The molecule has 0 aromatic carbocycles. The van der Waals surface area contributed by atoms with E-state index in [-0.39, 0.29) is 0 Å². The van der Waals surface area contributed by atoms with Gasteiger partial charge in [-0.25, -0.2) is 0 Å². The molecule has 0 radical (unpaired) electrons. The van der Waals surface area contributed by atoms with E-state index >= 15 is 0 Å². The highest BCUT2D eigenvalue weighted by atomic mass is 31.1. The summed E-state index contributed by atoms with van der Waals surface area (Å²) in [6.07, 6.45) is 1.04. The predicted molar refractivity (Wildman–Crippen MR) is 50.1 cm³/mol. The second kappa shape index (κ2) is 6.14. The second-order valence-electron chi connectivity index (χ2n) is 2.63. The summed E-state index contributed by atoms with van der Waals surface area (Å²) >= 11 is 0. The van der Waals surface area contributed by atoms with Crippen molar-refractivity contribution >= 4 is 17.5 Å². The van der Waals surface area contributed by atoms with E-state index < -0.39 is 8.25 Å². The van der Waals surface area contributed by atoms with Gasteiger partial charge in [-0.1, -0.05) is 13.8 Å². The zero-order chi connectivity index (χ0) is 8.85. The molecule has 0 aliphatic heterocycles. The molecule has 0 rings (SSSR count). The van der Waals surface area contributed by atoms with E-state index in [9.17, 15) is 4.57 Å². The lowest BCUT2D eigenvalue weighted by molar-refractivity contribution is 0.236. The molecule has 0 spiro atoms. The lowest BCUT2D eigenvalue weighted by atomic mass is 10.1. The molecule has 4 atom stereocenters. The molecular formula is C6H16O3P2. The standard InChI is InChI=1S/C6H16O3P2/c1-3-6(10)5(2)4-9-11(7)8/h5-6,11H,3-4,10H2,1-2H3,(H,7,8)/t5-,6?/m1/s1. The van der Waals surface area contributed by atoms with Gasteiger partial charge in [0.1, 0.15) is 0 Å². The number of rotatable bonds is 5. The van der Waals surface area contributed by atoms with Crippen molar-refractivity contribution in [1.29, 1.82) is 0 Å². The van der Waals surface area contributed by atoms with Crippen molar-refractivity contribution in [2.24, 2.45) is 5.92 Å². The molecule has 0 aromatic rings. The van der Waals surface area contributed by atoms with Crippen LogP contribution in [0.5, 0.6) is 0 Å². The van der Waals surface area contributed by atoms with Crippen molar-refractivity contribution in [1.82, 2.24) is 0 Å². The molecular weight excluding hydrogens is 182 g/mol. The summed E-state index contributed by atoms with van der Waals surface area (Å²) in [5, 5.41) is 0. The van der Waals surface area contributed by atoms with Gasteiger partial charge in [0.25, 0.3) is 0 Å². The highest BCUT2D eigenvalue weighted by Crippen LogP contribution is 2.22. The first-order valence-electron chi connectivity index (χ1n) is 3.69. The highest BCUT2D eigenvalue weighted by molar-refractivity contribution is 7.32. The van der Waals surface area contributed by atoms with E-state index in [0.29, 0.717) is 18.2 Å². The molecule has 0 fully saturated rings. The first-order chi connectivity index (χ1) is 5.07. The normalized spacial score (nSPS) is 19.3. The van der Waals surface area contributed by atoms with Crippen molar-refractivity contribution in [3.8, 4) is 0 Å². The molecule has 0 heterocycles. The maximum atomic E-state index is 10.2. The molecule has 0 saturated carbocycles. The smallest absolute Gasteiger partial charge is 0.316 e. The quantitative estimate of drug-likeness (QED) is 0.683. The van der Waals surface area contributed by atoms with E-state index in [0.717, 1.165) is 6.42 Å². The summed E-state index contributed by atoms with van der Waals surface area (Å²) in [6.45, 7) is 4.46. The molecule has 3 nitrogen and oxygen atoms in total. The fraction of sp³-hybridized carbons (Fsp3) is 1.00. The molecule has 0 aliphatic carbocycles. The van der Waals surface area contributed by atoms with E-state index in [1.165, 1.54) is 0 Å². The molecule has 0 aromatic heterocycles. The molecule has 1 N–H and O–H groups in total. The van der Waals surface area contributed by atoms with E-state index in [1.807, 2.05) is 6.92 Å². The Bertz CT molecular complexity index is 129. The predicted octanol–water partition coefficient (Wildman–Crippen LogP) is 1.67. The van der Waals surface area contributed by atoms with Crippen LogP contribution in [0, 0.1) is 5.92 Å². The van der Waals surface area contributed by atoms with Gasteiger partial charge >= 0.3 is 8.25 Å². The lowest BCUT2D eigenvalue weighted by Crippen LogP contribution is -2.14. The minimum absolute atomic E-state index is 0.325. The second-order valence-corrected chi connectivity index (χ2v) is 4.30.